The molecule has 0 heterocycles. The molecule has 0 aliphatic carbocycles. The molecule has 0 aromatic rings. The van der Waals surface area contributed by atoms with Gasteiger partial charge >= 0.3 is 0 Å². The van der Waals surface area contributed by atoms with Gasteiger partial charge in [-0.2, -0.15) is 0 Å². The largest absolute Gasteiger partial charge is 0.303 e. The Kier molecular flexibility index (Phi) is 6.70. The highest BCUT2D eigenvalue weighted by molar-refractivity contribution is 5.56. The maximum atomic E-state index is 10.2. The molecule has 0 rings (SSSR count). The number of aldehydes is 1. The van der Waals surface area contributed by atoms with Crippen molar-refractivity contribution in [3.8, 4) is 0 Å². The highest BCUT2D eigenvalue weighted by Crippen LogP contribution is 2.03. The summed E-state index contributed by atoms with van der Waals surface area (Å²) in [5.41, 5.74) is 1.13. The maximum absolute atomic E-state index is 10.2. The number of allylic oxidation sites excluding steroid dienone is 4. The topological polar surface area (TPSA) is 17.1 Å². The van der Waals surface area contributed by atoms with Crippen molar-refractivity contribution in [3.05, 3.63) is 23.8 Å². The SMILES string of the molecule is CC/C=C\C(=C/CC)CC=O. The molecule has 0 N–H and O–H groups in total. The summed E-state index contributed by atoms with van der Waals surface area (Å²) in [6.07, 6.45) is 9.70. The Morgan fingerprint density at radius 2 is 2.00 bits per heavy atom. The first kappa shape index (κ1) is 10.2. The molecule has 11 heavy (non-hydrogen) atoms. The lowest BCUT2D eigenvalue weighted by atomic mass is 10.1. The first-order valence-electron chi connectivity index (χ1n) is 4.14. The predicted octanol–water partition coefficient (Wildman–Crippen LogP) is 2.88. The van der Waals surface area contributed by atoms with Gasteiger partial charge in [-0.25, -0.2) is 0 Å². The van der Waals surface area contributed by atoms with Crippen molar-refractivity contribution < 1.29 is 4.79 Å². The number of hydrogen-bond acceptors (Lipinski definition) is 1. The molecule has 0 radical (unpaired) electrons. The number of hydrogen-bond donors (Lipinski definition) is 0. The minimum Gasteiger partial charge on any atom is -0.303 e. The highest BCUT2D eigenvalue weighted by Gasteiger charge is 1.87. The van der Waals surface area contributed by atoms with E-state index in [-0.39, 0.29) is 0 Å². The molecule has 0 amide bonds. The lowest BCUT2D eigenvalue weighted by molar-refractivity contribution is -0.107. The maximum Gasteiger partial charge on any atom is 0.124 e. The molecule has 0 aliphatic heterocycles. The molecule has 0 atom stereocenters. The normalized spacial score (nSPS) is 12.4. The molecule has 62 valence electrons. The van der Waals surface area contributed by atoms with Gasteiger partial charge in [0.25, 0.3) is 0 Å². The van der Waals surface area contributed by atoms with Gasteiger partial charge in [0.1, 0.15) is 6.29 Å². The Hall–Kier alpha value is -0.850. The average molecular weight is 152 g/mol. The number of rotatable bonds is 5. The number of carbonyl (C=O) groups excluding carboxylic acids is 1. The van der Waals surface area contributed by atoms with Crippen molar-refractivity contribution in [2.75, 3.05) is 0 Å². The predicted molar refractivity (Wildman–Crippen MR) is 48.5 cm³/mol. The molecule has 0 aromatic heterocycles. The average Bonchev–Trinajstić information content (AvgIpc) is 2.01. The third-order valence-corrected chi connectivity index (χ3v) is 1.35. The summed E-state index contributed by atoms with van der Waals surface area (Å²) in [4.78, 5) is 10.2. The fourth-order valence-corrected chi connectivity index (χ4v) is 0.847. The van der Waals surface area contributed by atoms with E-state index >= 15 is 0 Å². The van der Waals surface area contributed by atoms with Crippen LogP contribution in [0.4, 0.5) is 0 Å². The van der Waals surface area contributed by atoms with E-state index in [4.69, 9.17) is 0 Å². The fourth-order valence-electron chi connectivity index (χ4n) is 0.847. The van der Waals surface area contributed by atoms with E-state index in [1.807, 2.05) is 6.08 Å². The Morgan fingerprint density at radius 1 is 1.27 bits per heavy atom. The van der Waals surface area contributed by atoms with Crippen LogP contribution in [-0.2, 0) is 4.79 Å². The van der Waals surface area contributed by atoms with E-state index in [0.29, 0.717) is 6.42 Å². The minimum absolute atomic E-state index is 0.546. The summed E-state index contributed by atoms with van der Waals surface area (Å²) >= 11 is 0. The monoisotopic (exact) mass is 152 g/mol. The van der Waals surface area contributed by atoms with Crippen molar-refractivity contribution >= 4 is 6.29 Å². The van der Waals surface area contributed by atoms with Gasteiger partial charge in [0, 0.05) is 6.42 Å². The molecule has 0 spiro atoms. The van der Waals surface area contributed by atoms with Gasteiger partial charge in [0.05, 0.1) is 0 Å². The Labute approximate surface area is 68.8 Å². The standard InChI is InChI=1S/C10H16O/c1-3-5-7-10(6-4-2)8-9-11/h5-7,9H,3-4,8H2,1-2H3/b7-5-,10-6+. The van der Waals surface area contributed by atoms with E-state index in [9.17, 15) is 4.79 Å². The summed E-state index contributed by atoms with van der Waals surface area (Å²) in [5.74, 6) is 0. The Morgan fingerprint density at radius 3 is 2.45 bits per heavy atom. The van der Waals surface area contributed by atoms with Crippen LogP contribution in [0.25, 0.3) is 0 Å². The summed E-state index contributed by atoms with van der Waals surface area (Å²) < 4.78 is 0. The Bertz CT molecular complexity index is 154. The zero-order valence-corrected chi connectivity index (χ0v) is 7.34. The van der Waals surface area contributed by atoms with Crippen molar-refractivity contribution in [2.45, 2.75) is 33.1 Å². The van der Waals surface area contributed by atoms with Gasteiger partial charge in [0.15, 0.2) is 0 Å². The summed E-state index contributed by atoms with van der Waals surface area (Å²) in [6, 6.07) is 0. The van der Waals surface area contributed by atoms with Gasteiger partial charge in [0.2, 0.25) is 0 Å². The lowest BCUT2D eigenvalue weighted by Crippen LogP contribution is -1.79. The molecule has 0 bridgehead atoms. The third kappa shape index (κ3) is 5.59. The minimum atomic E-state index is 0.546. The van der Waals surface area contributed by atoms with E-state index in [0.717, 1.165) is 24.7 Å². The quantitative estimate of drug-likeness (QED) is 0.437. The highest BCUT2D eigenvalue weighted by atomic mass is 16.1. The first-order chi connectivity index (χ1) is 5.35. The van der Waals surface area contributed by atoms with Crippen LogP contribution in [0.1, 0.15) is 33.1 Å². The van der Waals surface area contributed by atoms with Crippen LogP contribution in [0.3, 0.4) is 0 Å². The molecule has 0 fully saturated rings. The zero-order valence-electron chi connectivity index (χ0n) is 7.34. The molecule has 0 unspecified atom stereocenters. The van der Waals surface area contributed by atoms with Gasteiger partial charge in [-0.05, 0) is 18.4 Å². The molecule has 0 aromatic carbocycles. The third-order valence-electron chi connectivity index (χ3n) is 1.35. The Balaban J connectivity index is 3.98. The smallest absolute Gasteiger partial charge is 0.124 e. The molecular weight excluding hydrogens is 136 g/mol. The molecule has 1 heteroatoms. The second-order valence-corrected chi connectivity index (χ2v) is 2.37. The number of carbonyl (C=O) groups is 1. The van der Waals surface area contributed by atoms with Crippen molar-refractivity contribution in [1.29, 1.82) is 0 Å². The van der Waals surface area contributed by atoms with E-state index < -0.39 is 0 Å². The summed E-state index contributed by atoms with van der Waals surface area (Å²) in [5, 5.41) is 0. The van der Waals surface area contributed by atoms with Crippen molar-refractivity contribution in [1.82, 2.24) is 0 Å². The zero-order chi connectivity index (χ0) is 8.53. The van der Waals surface area contributed by atoms with Crippen molar-refractivity contribution in [3.63, 3.8) is 0 Å². The van der Waals surface area contributed by atoms with Crippen LogP contribution in [0.2, 0.25) is 0 Å². The molecule has 0 saturated carbocycles. The second-order valence-electron chi connectivity index (χ2n) is 2.37. The second kappa shape index (κ2) is 7.26. The molecule has 0 aliphatic rings. The summed E-state index contributed by atoms with van der Waals surface area (Å²) in [6.45, 7) is 4.16. The van der Waals surface area contributed by atoms with E-state index in [1.54, 1.807) is 0 Å². The van der Waals surface area contributed by atoms with E-state index in [1.165, 1.54) is 0 Å². The van der Waals surface area contributed by atoms with Crippen LogP contribution in [-0.4, -0.2) is 6.29 Å². The molecule has 0 saturated heterocycles. The van der Waals surface area contributed by atoms with Crippen molar-refractivity contribution in [2.24, 2.45) is 0 Å². The van der Waals surface area contributed by atoms with Gasteiger partial charge < -0.3 is 4.79 Å². The first-order valence-corrected chi connectivity index (χ1v) is 4.14. The molecular formula is C10H16O. The van der Waals surface area contributed by atoms with Crippen LogP contribution in [0.15, 0.2) is 23.8 Å². The lowest BCUT2D eigenvalue weighted by Gasteiger charge is -1.93. The van der Waals surface area contributed by atoms with Crippen LogP contribution in [0.5, 0.6) is 0 Å². The molecule has 1 nitrogen and oxygen atoms in total. The summed E-state index contributed by atoms with van der Waals surface area (Å²) in [7, 11) is 0. The van der Waals surface area contributed by atoms with Crippen LogP contribution in [0, 0.1) is 0 Å². The fraction of sp³-hybridized carbons (Fsp3) is 0.500. The van der Waals surface area contributed by atoms with E-state index in [2.05, 4.69) is 26.0 Å². The van der Waals surface area contributed by atoms with Gasteiger partial charge in [-0.1, -0.05) is 32.1 Å². The van der Waals surface area contributed by atoms with Gasteiger partial charge in [-0.3, -0.25) is 0 Å². The van der Waals surface area contributed by atoms with Crippen LogP contribution >= 0.6 is 0 Å². The van der Waals surface area contributed by atoms with Gasteiger partial charge in [-0.15, -0.1) is 0 Å². The van der Waals surface area contributed by atoms with Crippen LogP contribution < -0.4 is 0 Å².